The molecule has 2 N–H and O–H groups in total. The van der Waals surface area contributed by atoms with Crippen molar-refractivity contribution in [3.8, 4) is 5.75 Å². The van der Waals surface area contributed by atoms with E-state index in [0.717, 1.165) is 62.6 Å². The minimum atomic E-state index is -0.191. The highest BCUT2D eigenvalue weighted by atomic mass is 16.5. The summed E-state index contributed by atoms with van der Waals surface area (Å²) >= 11 is 0. The summed E-state index contributed by atoms with van der Waals surface area (Å²) in [4.78, 5) is 31.2. The van der Waals surface area contributed by atoms with E-state index < -0.39 is 0 Å². The zero-order valence-corrected chi connectivity index (χ0v) is 26.6. The van der Waals surface area contributed by atoms with Gasteiger partial charge in [0.1, 0.15) is 5.75 Å². The molecule has 1 fully saturated rings. The van der Waals surface area contributed by atoms with Crippen LogP contribution in [-0.2, 0) is 11.2 Å². The normalized spacial score (nSPS) is 13.1. The van der Waals surface area contributed by atoms with Crippen molar-refractivity contribution in [1.29, 1.82) is 0 Å². The first-order valence-electron chi connectivity index (χ1n) is 16.1. The fraction of sp³-hybridized carbons (Fsp3) is 0.444. The van der Waals surface area contributed by atoms with E-state index in [1.807, 2.05) is 61.5 Å². The SMILES string of the molecule is CCCCCCc1ccc(C(=O)Nc2ccc(N3CCN(c4ccccc4OC)CC3)c(C(=O)NCCCOCC)c2)cc1. The van der Waals surface area contributed by atoms with Crippen LogP contribution in [-0.4, -0.2) is 64.9 Å². The average molecular weight is 601 g/mol. The van der Waals surface area contributed by atoms with Crippen molar-refractivity contribution < 1.29 is 19.1 Å². The minimum Gasteiger partial charge on any atom is -0.495 e. The number of ether oxygens (including phenoxy) is 2. The van der Waals surface area contributed by atoms with Crippen LogP contribution in [0.15, 0.2) is 66.7 Å². The summed E-state index contributed by atoms with van der Waals surface area (Å²) in [5.41, 5.74) is 4.92. The molecule has 0 radical (unpaired) electrons. The van der Waals surface area contributed by atoms with Crippen molar-refractivity contribution in [3.05, 3.63) is 83.4 Å². The van der Waals surface area contributed by atoms with E-state index in [2.05, 4.69) is 33.4 Å². The van der Waals surface area contributed by atoms with Gasteiger partial charge in [-0.3, -0.25) is 9.59 Å². The molecule has 2 amide bonds. The first kappa shape index (κ1) is 32.9. The maximum Gasteiger partial charge on any atom is 0.255 e. The van der Waals surface area contributed by atoms with Crippen molar-refractivity contribution in [1.82, 2.24) is 5.32 Å². The van der Waals surface area contributed by atoms with Crippen molar-refractivity contribution in [3.63, 3.8) is 0 Å². The number of hydrogen-bond donors (Lipinski definition) is 2. The maximum absolute atomic E-state index is 13.5. The first-order valence-corrected chi connectivity index (χ1v) is 16.1. The third kappa shape index (κ3) is 9.23. The van der Waals surface area contributed by atoms with Crippen LogP contribution in [0, 0.1) is 0 Å². The van der Waals surface area contributed by atoms with E-state index >= 15 is 0 Å². The molecule has 3 aromatic carbocycles. The van der Waals surface area contributed by atoms with Crippen LogP contribution in [0.1, 0.15) is 72.2 Å². The Balaban J connectivity index is 1.45. The number of piperazine rings is 1. The number of anilines is 3. The molecule has 3 aromatic rings. The van der Waals surface area contributed by atoms with Gasteiger partial charge in [-0.2, -0.15) is 0 Å². The largest absolute Gasteiger partial charge is 0.495 e. The molecule has 0 unspecified atom stereocenters. The molecule has 1 aliphatic heterocycles. The van der Waals surface area contributed by atoms with E-state index in [1.54, 1.807) is 13.2 Å². The van der Waals surface area contributed by atoms with Gasteiger partial charge in [-0.05, 0) is 74.2 Å². The van der Waals surface area contributed by atoms with Gasteiger partial charge in [-0.15, -0.1) is 0 Å². The standard InChI is InChI=1S/C36H48N4O4/c1-4-6-7-8-12-28-15-17-29(18-16-28)35(41)38-30-19-20-32(31(27-30)36(42)37-21-11-26-44-5-2)39-22-24-40(25-23-39)33-13-9-10-14-34(33)43-3/h9-10,13-20,27H,4-8,11-12,21-26H2,1-3H3,(H,37,42)(H,38,41). The Morgan fingerprint density at radius 3 is 2.23 bits per heavy atom. The second kappa shape index (κ2) is 17.3. The van der Waals surface area contributed by atoms with Gasteiger partial charge >= 0.3 is 0 Å². The van der Waals surface area contributed by atoms with Crippen LogP contribution in [0.5, 0.6) is 5.75 Å². The van der Waals surface area contributed by atoms with E-state index in [1.165, 1.54) is 24.8 Å². The molecule has 0 aliphatic carbocycles. The molecule has 0 bridgehead atoms. The number of aryl methyl sites for hydroxylation is 1. The number of unbranched alkanes of at least 4 members (excludes halogenated alkanes) is 3. The Morgan fingerprint density at radius 1 is 0.795 bits per heavy atom. The lowest BCUT2D eigenvalue weighted by Gasteiger charge is -2.38. The third-order valence-corrected chi connectivity index (χ3v) is 8.04. The Bertz CT molecular complexity index is 1340. The summed E-state index contributed by atoms with van der Waals surface area (Å²) in [6, 6.07) is 21.5. The fourth-order valence-electron chi connectivity index (χ4n) is 5.55. The van der Waals surface area contributed by atoms with Crippen LogP contribution in [0.3, 0.4) is 0 Å². The summed E-state index contributed by atoms with van der Waals surface area (Å²) in [5, 5.41) is 6.05. The predicted molar refractivity (Wildman–Crippen MR) is 180 cm³/mol. The second-order valence-electron chi connectivity index (χ2n) is 11.1. The molecule has 0 spiro atoms. The van der Waals surface area contributed by atoms with Crippen LogP contribution in [0.25, 0.3) is 0 Å². The van der Waals surface area contributed by atoms with Gasteiger partial charge in [0.15, 0.2) is 0 Å². The van der Waals surface area contributed by atoms with Crippen LogP contribution in [0.4, 0.5) is 17.1 Å². The zero-order valence-electron chi connectivity index (χ0n) is 26.6. The van der Waals surface area contributed by atoms with Gasteiger partial charge in [0, 0.05) is 62.9 Å². The second-order valence-corrected chi connectivity index (χ2v) is 11.1. The monoisotopic (exact) mass is 600 g/mol. The van der Waals surface area contributed by atoms with Crippen molar-refractivity contribution in [2.75, 3.05) is 68.2 Å². The highest BCUT2D eigenvalue weighted by Crippen LogP contribution is 2.31. The Labute approximate surface area is 262 Å². The summed E-state index contributed by atoms with van der Waals surface area (Å²) in [5.74, 6) is 0.505. The molecule has 0 saturated carbocycles. The summed E-state index contributed by atoms with van der Waals surface area (Å²) in [6.45, 7) is 9.03. The van der Waals surface area contributed by atoms with E-state index in [4.69, 9.17) is 9.47 Å². The molecular formula is C36H48N4O4. The first-order chi connectivity index (χ1) is 21.5. The summed E-state index contributed by atoms with van der Waals surface area (Å²) in [6.07, 6.45) is 6.63. The molecule has 8 heteroatoms. The minimum absolute atomic E-state index is 0.160. The highest BCUT2D eigenvalue weighted by molar-refractivity contribution is 6.06. The topological polar surface area (TPSA) is 83.1 Å². The van der Waals surface area contributed by atoms with Gasteiger partial charge in [-0.1, -0.05) is 50.5 Å². The lowest BCUT2D eigenvalue weighted by atomic mass is 10.0. The van der Waals surface area contributed by atoms with Crippen LogP contribution >= 0.6 is 0 Å². The molecule has 1 heterocycles. The smallest absolute Gasteiger partial charge is 0.255 e. The molecule has 236 valence electrons. The molecule has 8 nitrogen and oxygen atoms in total. The van der Waals surface area contributed by atoms with Crippen LogP contribution < -0.4 is 25.2 Å². The van der Waals surface area contributed by atoms with Crippen molar-refractivity contribution in [2.45, 2.75) is 52.4 Å². The fourth-order valence-corrected chi connectivity index (χ4v) is 5.55. The Kier molecular flexibility index (Phi) is 12.9. The van der Waals surface area contributed by atoms with Gasteiger partial charge < -0.3 is 29.9 Å². The molecule has 0 atom stereocenters. The van der Waals surface area contributed by atoms with Gasteiger partial charge in [0.05, 0.1) is 18.4 Å². The van der Waals surface area contributed by atoms with E-state index in [0.29, 0.717) is 36.6 Å². The van der Waals surface area contributed by atoms with Crippen molar-refractivity contribution in [2.24, 2.45) is 0 Å². The number of carbonyl (C=O) groups is 2. The summed E-state index contributed by atoms with van der Waals surface area (Å²) < 4.78 is 11.0. The summed E-state index contributed by atoms with van der Waals surface area (Å²) in [7, 11) is 1.69. The molecular weight excluding hydrogens is 552 g/mol. The number of carbonyl (C=O) groups excluding carboxylic acids is 2. The number of amides is 2. The lowest BCUT2D eigenvalue weighted by molar-refractivity contribution is 0.0943. The van der Waals surface area contributed by atoms with Gasteiger partial charge in [0.25, 0.3) is 11.8 Å². The number of rotatable bonds is 16. The van der Waals surface area contributed by atoms with Gasteiger partial charge in [-0.25, -0.2) is 0 Å². The molecule has 44 heavy (non-hydrogen) atoms. The molecule has 1 aliphatic rings. The van der Waals surface area contributed by atoms with E-state index in [-0.39, 0.29) is 11.8 Å². The predicted octanol–water partition coefficient (Wildman–Crippen LogP) is 6.55. The van der Waals surface area contributed by atoms with Crippen molar-refractivity contribution >= 4 is 28.9 Å². The number of hydrogen-bond acceptors (Lipinski definition) is 6. The third-order valence-electron chi connectivity index (χ3n) is 8.04. The number of methoxy groups -OCH3 is 1. The van der Waals surface area contributed by atoms with Crippen LogP contribution in [0.2, 0.25) is 0 Å². The number of para-hydroxylation sites is 2. The van der Waals surface area contributed by atoms with Gasteiger partial charge in [0.2, 0.25) is 0 Å². The number of nitrogens with one attached hydrogen (secondary N) is 2. The number of benzene rings is 3. The Morgan fingerprint density at radius 2 is 1.52 bits per heavy atom. The maximum atomic E-state index is 13.5. The Hall–Kier alpha value is -4.04. The average Bonchev–Trinajstić information content (AvgIpc) is 3.07. The number of nitrogens with zero attached hydrogens (tertiary/aromatic N) is 2. The molecule has 4 rings (SSSR count). The van der Waals surface area contributed by atoms with E-state index in [9.17, 15) is 9.59 Å². The highest BCUT2D eigenvalue weighted by Gasteiger charge is 2.24. The zero-order chi connectivity index (χ0) is 31.1. The lowest BCUT2D eigenvalue weighted by Crippen LogP contribution is -2.47. The molecule has 0 aromatic heterocycles. The quantitative estimate of drug-likeness (QED) is 0.181. The molecule has 1 saturated heterocycles.